The number of nitrogens with one attached hydrogen (secondary N) is 2. The Morgan fingerprint density at radius 2 is 2.00 bits per heavy atom. The molecule has 0 aliphatic carbocycles. The molecule has 5 nitrogen and oxygen atoms in total. The summed E-state index contributed by atoms with van der Waals surface area (Å²) in [6.07, 6.45) is 0. The Labute approximate surface area is 53.1 Å². The number of amides is 2. The minimum atomic E-state index is -0.594. The van der Waals surface area contributed by atoms with Crippen LogP contribution in [0.5, 0.6) is 0 Å². The van der Waals surface area contributed by atoms with E-state index < -0.39 is 6.03 Å². The summed E-state index contributed by atoms with van der Waals surface area (Å²) in [6.45, 7) is 3.54. The molecule has 0 spiro atoms. The lowest BCUT2D eigenvalue weighted by Crippen LogP contribution is -2.38. The Balaban J connectivity index is 3.10. The fourth-order valence-corrected chi connectivity index (χ4v) is 0.245. The summed E-state index contributed by atoms with van der Waals surface area (Å²) in [5.41, 5.74) is 9.80. The van der Waals surface area contributed by atoms with Crippen molar-refractivity contribution in [1.82, 2.24) is 10.6 Å². The molecule has 0 aliphatic heterocycles. The van der Waals surface area contributed by atoms with Gasteiger partial charge in [0, 0.05) is 0 Å². The zero-order chi connectivity index (χ0) is 7.28. The molecule has 5 heteroatoms. The van der Waals surface area contributed by atoms with E-state index in [2.05, 4.69) is 17.2 Å². The quantitative estimate of drug-likeness (QED) is 0.355. The molecule has 0 saturated heterocycles. The molecule has 52 valence electrons. The Bertz CT molecular complexity index is 108. The van der Waals surface area contributed by atoms with Gasteiger partial charge in [0.15, 0.2) is 0 Å². The minimum absolute atomic E-state index is 0.213. The van der Waals surface area contributed by atoms with Crippen molar-refractivity contribution in [3.05, 3.63) is 12.4 Å². The topological polar surface area (TPSA) is 93.2 Å². The summed E-state index contributed by atoms with van der Waals surface area (Å²) < 4.78 is 0. The average Bonchev–Trinajstić information content (AvgIpc) is 1.63. The Morgan fingerprint density at radius 1 is 1.44 bits per heavy atom. The predicted molar refractivity (Wildman–Crippen MR) is 34.0 cm³/mol. The third-order valence-electron chi connectivity index (χ3n) is 0.578. The third kappa shape index (κ3) is 6.61. The first-order valence-corrected chi connectivity index (χ1v) is 2.34. The molecule has 0 aromatic rings. The van der Waals surface area contributed by atoms with Crippen molar-refractivity contribution in [2.24, 2.45) is 11.5 Å². The van der Waals surface area contributed by atoms with E-state index in [9.17, 15) is 4.79 Å². The molecule has 0 aromatic heterocycles. The van der Waals surface area contributed by atoms with Crippen LogP contribution in [0.15, 0.2) is 12.4 Å². The van der Waals surface area contributed by atoms with Crippen molar-refractivity contribution >= 4 is 6.03 Å². The number of primary amides is 1. The van der Waals surface area contributed by atoms with Gasteiger partial charge in [-0.2, -0.15) is 0 Å². The molecule has 0 unspecified atom stereocenters. The summed E-state index contributed by atoms with van der Waals surface area (Å²) in [5, 5.41) is 4.81. The van der Waals surface area contributed by atoms with E-state index in [0.29, 0.717) is 5.82 Å². The normalized spacial score (nSPS) is 8.00. The molecule has 0 heterocycles. The van der Waals surface area contributed by atoms with Crippen LogP contribution in [0.2, 0.25) is 0 Å². The first-order valence-electron chi connectivity index (χ1n) is 2.34. The van der Waals surface area contributed by atoms with Gasteiger partial charge in [0.2, 0.25) is 0 Å². The van der Waals surface area contributed by atoms with Gasteiger partial charge in [-0.15, -0.1) is 0 Å². The van der Waals surface area contributed by atoms with Gasteiger partial charge in [0.25, 0.3) is 0 Å². The fraction of sp³-hybridized carbons (Fsp3) is 0.250. The van der Waals surface area contributed by atoms with E-state index in [0.717, 1.165) is 0 Å². The van der Waals surface area contributed by atoms with Crippen LogP contribution in [0.25, 0.3) is 0 Å². The highest BCUT2D eigenvalue weighted by molar-refractivity contribution is 5.71. The van der Waals surface area contributed by atoms with Gasteiger partial charge < -0.3 is 22.1 Å². The molecule has 0 fully saturated rings. The first-order chi connectivity index (χ1) is 4.13. The highest BCUT2D eigenvalue weighted by atomic mass is 16.2. The molecule has 0 atom stereocenters. The maximum Gasteiger partial charge on any atom is 0.313 e. The van der Waals surface area contributed by atoms with Crippen LogP contribution in [0.4, 0.5) is 4.79 Å². The number of rotatable bonds is 3. The standard InChI is InChI=1S/C4H10N4O/c1-3(5)7-2-8-4(6)9/h7H,1-2,5H2,(H3,6,8,9). The van der Waals surface area contributed by atoms with Crippen molar-refractivity contribution in [3.8, 4) is 0 Å². The summed E-state index contributed by atoms with van der Waals surface area (Å²) in [5.74, 6) is 0.295. The summed E-state index contributed by atoms with van der Waals surface area (Å²) >= 11 is 0. The van der Waals surface area contributed by atoms with Crippen LogP contribution in [-0.4, -0.2) is 12.7 Å². The van der Waals surface area contributed by atoms with Crippen molar-refractivity contribution < 1.29 is 4.79 Å². The second kappa shape index (κ2) is 3.59. The van der Waals surface area contributed by atoms with Crippen LogP contribution in [0.3, 0.4) is 0 Å². The van der Waals surface area contributed by atoms with Crippen LogP contribution >= 0.6 is 0 Å². The number of urea groups is 1. The van der Waals surface area contributed by atoms with Crippen molar-refractivity contribution in [2.45, 2.75) is 0 Å². The molecular formula is C4H10N4O. The molecule has 6 N–H and O–H groups in total. The second-order valence-corrected chi connectivity index (χ2v) is 1.42. The molecular weight excluding hydrogens is 120 g/mol. The Morgan fingerprint density at radius 3 is 2.33 bits per heavy atom. The zero-order valence-corrected chi connectivity index (χ0v) is 4.98. The highest BCUT2D eigenvalue weighted by Gasteiger charge is 1.86. The average molecular weight is 130 g/mol. The molecule has 0 aromatic carbocycles. The second-order valence-electron chi connectivity index (χ2n) is 1.42. The smallest absolute Gasteiger partial charge is 0.313 e. The molecule has 2 amide bonds. The van der Waals surface area contributed by atoms with E-state index in [1.165, 1.54) is 0 Å². The van der Waals surface area contributed by atoms with Gasteiger partial charge in [-0.05, 0) is 0 Å². The SMILES string of the molecule is C=C(N)NCNC(N)=O. The van der Waals surface area contributed by atoms with Gasteiger partial charge in [0.1, 0.15) is 0 Å². The highest BCUT2D eigenvalue weighted by Crippen LogP contribution is 1.61. The summed E-state index contributed by atoms with van der Waals surface area (Å²) in [4.78, 5) is 9.98. The number of hydrogen-bond donors (Lipinski definition) is 4. The molecule has 0 rings (SSSR count). The van der Waals surface area contributed by atoms with Gasteiger partial charge in [-0.3, -0.25) is 0 Å². The largest absolute Gasteiger partial charge is 0.386 e. The van der Waals surface area contributed by atoms with E-state index in [4.69, 9.17) is 11.5 Å². The minimum Gasteiger partial charge on any atom is -0.386 e. The van der Waals surface area contributed by atoms with Crippen LogP contribution in [-0.2, 0) is 0 Å². The predicted octanol–water partition coefficient (Wildman–Crippen LogP) is -1.37. The van der Waals surface area contributed by atoms with Gasteiger partial charge in [-0.25, -0.2) is 4.79 Å². The number of nitrogens with two attached hydrogens (primary N) is 2. The maximum atomic E-state index is 9.98. The maximum absolute atomic E-state index is 9.98. The van der Waals surface area contributed by atoms with Crippen molar-refractivity contribution in [1.29, 1.82) is 0 Å². The van der Waals surface area contributed by atoms with Crippen molar-refractivity contribution in [2.75, 3.05) is 6.67 Å². The molecule has 0 aliphatic rings. The van der Waals surface area contributed by atoms with Gasteiger partial charge >= 0.3 is 6.03 Å². The number of carbonyl (C=O) groups excluding carboxylic acids is 1. The lowest BCUT2D eigenvalue weighted by atomic mass is 10.8. The van der Waals surface area contributed by atoms with E-state index in [1.54, 1.807) is 0 Å². The van der Waals surface area contributed by atoms with Gasteiger partial charge in [0.05, 0.1) is 12.5 Å². The van der Waals surface area contributed by atoms with Gasteiger partial charge in [-0.1, -0.05) is 6.58 Å². The van der Waals surface area contributed by atoms with Crippen LogP contribution in [0, 0.1) is 0 Å². The summed E-state index contributed by atoms with van der Waals surface area (Å²) in [6, 6.07) is -0.594. The Hall–Kier alpha value is -1.39. The number of hydrogen-bond acceptors (Lipinski definition) is 3. The monoisotopic (exact) mass is 130 g/mol. The molecule has 0 bridgehead atoms. The Kier molecular flexibility index (Phi) is 3.04. The lowest BCUT2D eigenvalue weighted by Gasteiger charge is -2.03. The van der Waals surface area contributed by atoms with Crippen molar-refractivity contribution in [3.63, 3.8) is 0 Å². The summed E-state index contributed by atoms with van der Waals surface area (Å²) in [7, 11) is 0. The van der Waals surface area contributed by atoms with E-state index in [1.807, 2.05) is 0 Å². The zero-order valence-electron chi connectivity index (χ0n) is 4.98. The fourth-order valence-electron chi connectivity index (χ4n) is 0.245. The van der Waals surface area contributed by atoms with Crippen LogP contribution < -0.4 is 22.1 Å². The first kappa shape index (κ1) is 7.61. The molecule has 9 heavy (non-hydrogen) atoms. The van der Waals surface area contributed by atoms with Crippen LogP contribution in [0.1, 0.15) is 0 Å². The van der Waals surface area contributed by atoms with E-state index >= 15 is 0 Å². The molecule has 0 saturated carbocycles. The third-order valence-corrected chi connectivity index (χ3v) is 0.578. The van der Waals surface area contributed by atoms with E-state index in [-0.39, 0.29) is 6.67 Å². The lowest BCUT2D eigenvalue weighted by molar-refractivity contribution is 0.248. The number of carbonyl (C=O) groups is 1. The molecule has 0 radical (unpaired) electrons.